The number of carbonyl (C=O) groups is 1. The lowest BCUT2D eigenvalue weighted by molar-refractivity contribution is -0.137. The average molecular weight is 558 g/mol. The van der Waals surface area contributed by atoms with E-state index in [1.807, 2.05) is 0 Å². The Morgan fingerprint density at radius 1 is 1.22 bits per heavy atom. The number of aromatic nitrogens is 1. The Labute approximate surface area is 222 Å². The van der Waals surface area contributed by atoms with Crippen LogP contribution in [0.5, 0.6) is 0 Å². The van der Waals surface area contributed by atoms with Crippen molar-refractivity contribution in [3.63, 3.8) is 0 Å². The highest BCUT2D eigenvalue weighted by Gasteiger charge is 2.27. The molecule has 0 spiro atoms. The Kier molecular flexibility index (Phi) is 8.44. The maximum atomic E-state index is 11.8. The SMILES string of the molecule is O=C(O)CC(CN1CC[C@@H](CCc2ccc3c(n2)NCCC3)C1)c1cc(Br)cc(N2CCOCC2)c1. The van der Waals surface area contributed by atoms with Gasteiger partial charge in [-0.2, -0.15) is 0 Å². The van der Waals surface area contributed by atoms with Gasteiger partial charge in [-0.1, -0.05) is 22.0 Å². The summed E-state index contributed by atoms with van der Waals surface area (Å²) in [5.41, 5.74) is 4.76. The second-order valence-electron chi connectivity index (χ2n) is 10.4. The third-order valence-corrected chi connectivity index (χ3v) is 8.24. The normalized spacial score (nSPS) is 21.1. The number of likely N-dealkylation sites (tertiary alicyclic amines) is 1. The Hall–Kier alpha value is -2.16. The molecule has 2 aromatic rings. The van der Waals surface area contributed by atoms with Gasteiger partial charge in [0.05, 0.1) is 19.6 Å². The largest absolute Gasteiger partial charge is 0.481 e. The number of fused-ring (bicyclic) bond motifs is 1. The monoisotopic (exact) mass is 556 g/mol. The first-order chi connectivity index (χ1) is 17.5. The van der Waals surface area contributed by atoms with Crippen LogP contribution in [0, 0.1) is 5.92 Å². The number of ether oxygens (including phenoxy) is 1. The van der Waals surface area contributed by atoms with Gasteiger partial charge in [-0.25, -0.2) is 4.98 Å². The second kappa shape index (κ2) is 11.9. The van der Waals surface area contributed by atoms with Crippen LogP contribution in [0.1, 0.15) is 48.4 Å². The van der Waals surface area contributed by atoms with Crippen LogP contribution < -0.4 is 10.2 Å². The highest BCUT2D eigenvalue weighted by molar-refractivity contribution is 9.10. The molecule has 3 aliphatic heterocycles. The van der Waals surface area contributed by atoms with Crippen LogP contribution >= 0.6 is 15.9 Å². The minimum atomic E-state index is -0.740. The van der Waals surface area contributed by atoms with E-state index in [9.17, 15) is 9.90 Å². The van der Waals surface area contributed by atoms with E-state index >= 15 is 0 Å². The maximum absolute atomic E-state index is 11.8. The lowest BCUT2D eigenvalue weighted by Gasteiger charge is -2.30. The third-order valence-electron chi connectivity index (χ3n) is 7.78. The van der Waals surface area contributed by atoms with Gasteiger partial charge >= 0.3 is 5.97 Å². The summed E-state index contributed by atoms with van der Waals surface area (Å²) in [6.07, 6.45) is 5.75. The molecule has 1 aromatic heterocycles. The second-order valence-corrected chi connectivity index (χ2v) is 11.3. The molecule has 3 aliphatic rings. The molecule has 0 aliphatic carbocycles. The number of nitrogens with one attached hydrogen (secondary N) is 1. The zero-order valence-corrected chi connectivity index (χ0v) is 22.5. The van der Waals surface area contributed by atoms with Gasteiger partial charge in [0.2, 0.25) is 0 Å². The van der Waals surface area contributed by atoms with Gasteiger partial charge < -0.3 is 25.0 Å². The van der Waals surface area contributed by atoms with Gasteiger partial charge in [0.25, 0.3) is 0 Å². The summed E-state index contributed by atoms with van der Waals surface area (Å²) in [5.74, 6) is 0.934. The predicted molar refractivity (Wildman–Crippen MR) is 146 cm³/mol. The highest BCUT2D eigenvalue weighted by Crippen LogP contribution is 2.32. The minimum absolute atomic E-state index is 0.0353. The summed E-state index contributed by atoms with van der Waals surface area (Å²) >= 11 is 3.67. The molecule has 1 unspecified atom stereocenters. The Morgan fingerprint density at radius 3 is 2.92 bits per heavy atom. The van der Waals surface area contributed by atoms with Crippen molar-refractivity contribution in [2.75, 3.05) is 62.7 Å². The van der Waals surface area contributed by atoms with E-state index in [1.165, 1.54) is 24.1 Å². The van der Waals surface area contributed by atoms with Crippen molar-refractivity contribution in [1.82, 2.24) is 9.88 Å². The van der Waals surface area contributed by atoms with Gasteiger partial charge in [-0.3, -0.25) is 4.79 Å². The summed E-state index contributed by atoms with van der Waals surface area (Å²) in [6.45, 7) is 7.05. The maximum Gasteiger partial charge on any atom is 0.304 e. The summed E-state index contributed by atoms with van der Waals surface area (Å²) in [7, 11) is 0. The minimum Gasteiger partial charge on any atom is -0.481 e. The molecule has 2 fully saturated rings. The molecule has 2 N–H and O–H groups in total. The molecule has 194 valence electrons. The smallest absolute Gasteiger partial charge is 0.304 e. The molecule has 2 saturated heterocycles. The third kappa shape index (κ3) is 6.58. The zero-order chi connectivity index (χ0) is 24.9. The molecule has 0 bridgehead atoms. The molecule has 2 atom stereocenters. The number of hydrogen-bond donors (Lipinski definition) is 2. The molecule has 4 heterocycles. The number of aliphatic carboxylic acids is 1. The molecular weight excluding hydrogens is 520 g/mol. The zero-order valence-electron chi connectivity index (χ0n) is 20.9. The lowest BCUT2D eigenvalue weighted by atomic mass is 9.94. The van der Waals surface area contributed by atoms with E-state index in [4.69, 9.17) is 9.72 Å². The van der Waals surface area contributed by atoms with E-state index in [0.717, 1.165) is 93.3 Å². The van der Waals surface area contributed by atoms with Crippen molar-refractivity contribution in [3.8, 4) is 0 Å². The standard InChI is InChI=1S/C28H37BrN4O3/c29-24-14-22(15-26(17-24)33-10-12-36-13-11-33)23(16-27(34)35)19-32-9-7-20(18-32)3-5-25-6-4-21-2-1-8-30-28(21)31-25/h4,6,14-15,17,20,23H,1-3,5,7-13,16,18-19H2,(H,30,31)(H,34,35)/t20-,23?/m1/s1. The lowest BCUT2D eigenvalue weighted by Crippen LogP contribution is -2.36. The van der Waals surface area contributed by atoms with Crippen LogP contribution in [0.2, 0.25) is 0 Å². The fraction of sp³-hybridized carbons (Fsp3) is 0.571. The number of halogens is 1. The number of carboxylic acids is 1. The number of hydrogen-bond acceptors (Lipinski definition) is 6. The molecule has 0 amide bonds. The van der Waals surface area contributed by atoms with E-state index in [2.05, 4.69) is 61.4 Å². The van der Waals surface area contributed by atoms with Gasteiger partial charge in [0.15, 0.2) is 0 Å². The summed E-state index contributed by atoms with van der Waals surface area (Å²) in [6, 6.07) is 10.8. The van der Waals surface area contributed by atoms with Crippen LogP contribution in [-0.2, 0) is 22.4 Å². The van der Waals surface area contributed by atoms with E-state index in [1.54, 1.807) is 0 Å². The first kappa shape index (κ1) is 25.5. The predicted octanol–water partition coefficient (Wildman–Crippen LogP) is 4.55. The molecule has 0 radical (unpaired) electrons. The summed E-state index contributed by atoms with van der Waals surface area (Å²) in [4.78, 5) is 21.4. The first-order valence-corrected chi connectivity index (χ1v) is 14.1. The van der Waals surface area contributed by atoms with Crippen LogP contribution in [0.4, 0.5) is 11.5 Å². The first-order valence-electron chi connectivity index (χ1n) is 13.3. The van der Waals surface area contributed by atoms with Gasteiger partial charge in [0, 0.05) is 54.5 Å². The van der Waals surface area contributed by atoms with Crippen molar-refractivity contribution in [1.29, 1.82) is 0 Å². The molecule has 1 aromatic carbocycles. The summed E-state index contributed by atoms with van der Waals surface area (Å²) < 4.78 is 6.51. The molecule has 8 heteroatoms. The molecular formula is C28H37BrN4O3. The summed E-state index contributed by atoms with van der Waals surface area (Å²) in [5, 5.41) is 13.1. The Morgan fingerprint density at radius 2 is 2.08 bits per heavy atom. The number of anilines is 2. The van der Waals surface area contributed by atoms with Crippen molar-refractivity contribution in [3.05, 3.63) is 51.6 Å². The number of rotatable bonds is 9. The van der Waals surface area contributed by atoms with Gasteiger partial charge in [-0.05, 0) is 80.0 Å². The number of carboxylic acid groups (broad SMARTS) is 1. The van der Waals surface area contributed by atoms with Crippen molar-refractivity contribution in [2.24, 2.45) is 5.92 Å². The van der Waals surface area contributed by atoms with Crippen molar-refractivity contribution >= 4 is 33.4 Å². The number of nitrogens with zero attached hydrogens (tertiary/aromatic N) is 3. The number of benzene rings is 1. The topological polar surface area (TPSA) is 77.9 Å². The van der Waals surface area contributed by atoms with Crippen LogP contribution in [-0.4, -0.2) is 73.4 Å². The van der Waals surface area contributed by atoms with Crippen LogP contribution in [0.25, 0.3) is 0 Å². The van der Waals surface area contributed by atoms with E-state index in [0.29, 0.717) is 5.92 Å². The fourth-order valence-corrected chi connectivity index (χ4v) is 6.32. The van der Waals surface area contributed by atoms with Crippen LogP contribution in [0.15, 0.2) is 34.8 Å². The highest BCUT2D eigenvalue weighted by atomic mass is 79.9. The van der Waals surface area contributed by atoms with Crippen molar-refractivity contribution in [2.45, 2.75) is 44.4 Å². The Bertz CT molecular complexity index is 1060. The van der Waals surface area contributed by atoms with E-state index < -0.39 is 5.97 Å². The van der Waals surface area contributed by atoms with Gasteiger partial charge in [-0.15, -0.1) is 0 Å². The van der Waals surface area contributed by atoms with Gasteiger partial charge in [0.1, 0.15) is 5.82 Å². The Balaban J connectivity index is 1.20. The average Bonchev–Trinajstić information content (AvgIpc) is 3.34. The van der Waals surface area contributed by atoms with Crippen LogP contribution in [0.3, 0.4) is 0 Å². The fourth-order valence-electron chi connectivity index (χ4n) is 5.82. The van der Waals surface area contributed by atoms with Crippen molar-refractivity contribution < 1.29 is 14.6 Å². The number of morpholine rings is 1. The molecule has 5 rings (SSSR count). The quantitative estimate of drug-likeness (QED) is 0.469. The number of pyridine rings is 1. The molecule has 36 heavy (non-hydrogen) atoms. The molecule has 7 nitrogen and oxygen atoms in total. The van der Waals surface area contributed by atoms with E-state index in [-0.39, 0.29) is 12.3 Å². The molecule has 0 saturated carbocycles. The number of aryl methyl sites for hydroxylation is 2.